The number of carbonyl (C=O) groups excluding carboxylic acids is 1. The SMILES string of the molecule is COc1cccc([C@H]2C[C@@H](C(F)(F)F)n3nc(C(=O)NCCCn4ccnc4)cc3N2)c1. The predicted molar refractivity (Wildman–Crippen MR) is 110 cm³/mol. The minimum atomic E-state index is -4.52. The van der Waals surface area contributed by atoms with E-state index in [1.807, 2.05) is 10.8 Å². The molecule has 2 atom stereocenters. The van der Waals surface area contributed by atoms with Crippen LogP contribution in [0.15, 0.2) is 49.1 Å². The fourth-order valence-electron chi connectivity index (χ4n) is 3.73. The smallest absolute Gasteiger partial charge is 0.410 e. The fourth-order valence-corrected chi connectivity index (χ4v) is 3.73. The van der Waals surface area contributed by atoms with Crippen LogP contribution in [0.3, 0.4) is 0 Å². The topological polar surface area (TPSA) is 86.0 Å². The Morgan fingerprint density at radius 1 is 1.34 bits per heavy atom. The summed E-state index contributed by atoms with van der Waals surface area (Å²) in [6.45, 7) is 1.03. The van der Waals surface area contributed by atoms with E-state index in [1.165, 1.54) is 13.2 Å². The number of hydrogen-bond acceptors (Lipinski definition) is 5. The summed E-state index contributed by atoms with van der Waals surface area (Å²) in [4.78, 5) is 16.4. The number of halogens is 3. The molecule has 4 rings (SSSR count). The van der Waals surface area contributed by atoms with Crippen molar-refractivity contribution in [2.24, 2.45) is 0 Å². The number of anilines is 1. The van der Waals surface area contributed by atoms with E-state index in [0.717, 1.165) is 4.68 Å². The Balaban J connectivity index is 1.49. The van der Waals surface area contributed by atoms with Gasteiger partial charge in [0.05, 0.1) is 19.5 Å². The molecule has 1 aliphatic heterocycles. The Labute approximate surface area is 182 Å². The maximum Gasteiger partial charge on any atom is 0.410 e. The number of aryl methyl sites for hydroxylation is 1. The molecule has 170 valence electrons. The highest BCUT2D eigenvalue weighted by Gasteiger charge is 2.46. The van der Waals surface area contributed by atoms with Crippen LogP contribution in [0.5, 0.6) is 5.75 Å². The summed E-state index contributed by atoms with van der Waals surface area (Å²) >= 11 is 0. The molecule has 32 heavy (non-hydrogen) atoms. The van der Waals surface area contributed by atoms with Crippen molar-refractivity contribution >= 4 is 11.7 Å². The fraction of sp³-hybridized carbons (Fsp3) is 0.381. The number of fused-ring (bicyclic) bond motifs is 1. The van der Waals surface area contributed by atoms with Crippen LogP contribution >= 0.6 is 0 Å². The second kappa shape index (κ2) is 8.93. The van der Waals surface area contributed by atoms with Gasteiger partial charge >= 0.3 is 6.18 Å². The maximum absolute atomic E-state index is 13.8. The third-order valence-electron chi connectivity index (χ3n) is 5.36. The summed E-state index contributed by atoms with van der Waals surface area (Å²) in [6.07, 6.45) is 1.03. The summed E-state index contributed by atoms with van der Waals surface area (Å²) in [5.74, 6) is 0.191. The highest BCUT2D eigenvalue weighted by molar-refractivity contribution is 5.93. The van der Waals surface area contributed by atoms with Crippen molar-refractivity contribution in [2.45, 2.75) is 37.6 Å². The summed E-state index contributed by atoms with van der Waals surface area (Å²) in [5.41, 5.74) is 0.604. The van der Waals surface area contributed by atoms with Crippen LogP contribution in [0.1, 0.15) is 41.0 Å². The monoisotopic (exact) mass is 448 g/mol. The standard InChI is InChI=1S/C21H23F3N6O2/c1-32-15-5-2-4-14(10-15)16-11-18(21(22,23)24)30-19(27-16)12-17(28-30)20(31)26-6-3-8-29-9-7-25-13-29/h2,4-5,7,9-10,12-13,16,18,27H,3,6,8,11H2,1H3,(H,26,31)/t16-,18+/m1/s1. The molecule has 11 heteroatoms. The quantitative estimate of drug-likeness (QED) is 0.540. The zero-order valence-electron chi connectivity index (χ0n) is 17.3. The van der Waals surface area contributed by atoms with Gasteiger partial charge < -0.3 is 19.9 Å². The molecule has 1 aliphatic rings. The average molecular weight is 448 g/mol. The zero-order valence-corrected chi connectivity index (χ0v) is 17.3. The highest BCUT2D eigenvalue weighted by Crippen LogP contribution is 2.43. The Kier molecular flexibility index (Phi) is 6.06. The lowest BCUT2D eigenvalue weighted by Gasteiger charge is -2.33. The van der Waals surface area contributed by atoms with Gasteiger partial charge in [-0.15, -0.1) is 0 Å². The van der Waals surface area contributed by atoms with E-state index in [1.54, 1.807) is 36.8 Å². The summed E-state index contributed by atoms with van der Waals surface area (Å²) in [6, 6.07) is 5.80. The number of benzene rings is 1. The molecule has 0 saturated heterocycles. The number of ether oxygens (including phenoxy) is 1. The second-order valence-corrected chi connectivity index (χ2v) is 7.54. The van der Waals surface area contributed by atoms with Crippen LogP contribution in [0.25, 0.3) is 0 Å². The number of rotatable bonds is 7. The molecule has 0 fully saturated rings. The number of carbonyl (C=O) groups is 1. The molecular weight excluding hydrogens is 425 g/mol. The van der Waals surface area contributed by atoms with Crippen LogP contribution < -0.4 is 15.4 Å². The number of methoxy groups -OCH3 is 1. The number of hydrogen-bond donors (Lipinski definition) is 2. The van der Waals surface area contributed by atoms with E-state index in [0.29, 0.717) is 30.8 Å². The lowest BCUT2D eigenvalue weighted by Crippen LogP contribution is -2.35. The second-order valence-electron chi connectivity index (χ2n) is 7.54. The number of nitrogens with zero attached hydrogens (tertiary/aromatic N) is 4. The van der Waals surface area contributed by atoms with Crippen molar-refractivity contribution in [3.63, 3.8) is 0 Å². The van der Waals surface area contributed by atoms with Crippen molar-refractivity contribution < 1.29 is 22.7 Å². The summed E-state index contributed by atoms with van der Waals surface area (Å²) in [7, 11) is 1.50. The van der Waals surface area contributed by atoms with Gasteiger partial charge in [-0.25, -0.2) is 9.67 Å². The molecule has 2 aromatic heterocycles. The Morgan fingerprint density at radius 2 is 2.19 bits per heavy atom. The molecule has 3 aromatic rings. The van der Waals surface area contributed by atoms with Gasteiger partial charge in [0.2, 0.25) is 0 Å². The first kappa shape index (κ1) is 21.7. The first-order chi connectivity index (χ1) is 15.3. The van der Waals surface area contributed by atoms with Crippen LogP contribution in [0.2, 0.25) is 0 Å². The number of nitrogens with one attached hydrogen (secondary N) is 2. The lowest BCUT2D eigenvalue weighted by atomic mass is 9.97. The molecule has 1 aromatic carbocycles. The molecule has 8 nitrogen and oxygen atoms in total. The molecule has 0 unspecified atom stereocenters. The molecule has 3 heterocycles. The average Bonchev–Trinajstić information content (AvgIpc) is 3.45. The molecule has 0 aliphatic carbocycles. The minimum Gasteiger partial charge on any atom is -0.497 e. The van der Waals surface area contributed by atoms with E-state index in [2.05, 4.69) is 20.7 Å². The molecule has 1 amide bonds. The van der Waals surface area contributed by atoms with Gasteiger partial charge in [0.25, 0.3) is 5.91 Å². The van der Waals surface area contributed by atoms with E-state index in [4.69, 9.17) is 4.74 Å². The number of alkyl halides is 3. The summed E-state index contributed by atoms with van der Waals surface area (Å²) < 4.78 is 49.4. The zero-order chi connectivity index (χ0) is 22.7. The molecule has 0 radical (unpaired) electrons. The van der Waals surface area contributed by atoms with Crippen molar-refractivity contribution in [3.05, 3.63) is 60.3 Å². The lowest BCUT2D eigenvalue weighted by molar-refractivity contribution is -0.173. The van der Waals surface area contributed by atoms with Crippen molar-refractivity contribution in [1.29, 1.82) is 0 Å². The first-order valence-electron chi connectivity index (χ1n) is 10.2. The molecule has 0 bridgehead atoms. The molecule has 2 N–H and O–H groups in total. The molecule has 0 spiro atoms. The third kappa shape index (κ3) is 4.71. The predicted octanol–water partition coefficient (Wildman–Crippen LogP) is 3.57. The summed E-state index contributed by atoms with van der Waals surface area (Å²) in [5, 5.41) is 9.76. The normalized spacial score (nSPS) is 18.0. The van der Waals surface area contributed by atoms with Crippen LogP contribution in [-0.4, -0.2) is 45.1 Å². The number of aromatic nitrogens is 4. The van der Waals surface area contributed by atoms with Gasteiger partial charge in [-0.05, 0) is 24.1 Å². The van der Waals surface area contributed by atoms with Crippen molar-refractivity contribution in [1.82, 2.24) is 24.6 Å². The largest absolute Gasteiger partial charge is 0.497 e. The Hall–Kier alpha value is -3.50. The Bertz CT molecular complexity index is 1060. The van der Waals surface area contributed by atoms with Gasteiger partial charge in [-0.2, -0.15) is 18.3 Å². The van der Waals surface area contributed by atoms with Crippen LogP contribution in [0, 0.1) is 0 Å². The maximum atomic E-state index is 13.8. The van der Waals surface area contributed by atoms with Crippen LogP contribution in [-0.2, 0) is 6.54 Å². The molecule has 0 saturated carbocycles. The van der Waals surface area contributed by atoms with Gasteiger partial charge in [0.1, 0.15) is 11.6 Å². The number of amides is 1. The minimum absolute atomic E-state index is 0.0596. The van der Waals surface area contributed by atoms with E-state index >= 15 is 0 Å². The third-order valence-corrected chi connectivity index (χ3v) is 5.36. The first-order valence-corrected chi connectivity index (χ1v) is 10.2. The van der Waals surface area contributed by atoms with E-state index < -0.39 is 24.2 Å². The Morgan fingerprint density at radius 3 is 2.91 bits per heavy atom. The number of imidazole rings is 1. The van der Waals surface area contributed by atoms with Crippen molar-refractivity contribution in [2.75, 3.05) is 19.0 Å². The van der Waals surface area contributed by atoms with Gasteiger partial charge in [0.15, 0.2) is 11.7 Å². The van der Waals surface area contributed by atoms with E-state index in [-0.39, 0.29) is 17.9 Å². The van der Waals surface area contributed by atoms with Gasteiger partial charge in [-0.3, -0.25) is 4.79 Å². The highest BCUT2D eigenvalue weighted by atomic mass is 19.4. The van der Waals surface area contributed by atoms with Crippen LogP contribution in [0.4, 0.5) is 19.0 Å². The van der Waals surface area contributed by atoms with Crippen molar-refractivity contribution in [3.8, 4) is 5.75 Å². The van der Waals surface area contributed by atoms with E-state index in [9.17, 15) is 18.0 Å². The van der Waals surface area contributed by atoms with Gasteiger partial charge in [0, 0.05) is 38.0 Å². The van der Waals surface area contributed by atoms with Gasteiger partial charge in [-0.1, -0.05) is 12.1 Å². The molecular formula is C21H23F3N6O2.